The number of carbonyl (C=O) groups is 1. The zero-order chi connectivity index (χ0) is 16.1. The summed E-state index contributed by atoms with van der Waals surface area (Å²) < 4.78 is 5.36. The van der Waals surface area contributed by atoms with E-state index in [1.165, 1.54) is 12.8 Å². The standard InChI is InChI=1S/C18H25N3O2/c1-14-7-9-21(10-8-14)17-6-5-15(12-19-17)13-20-18(22)16-4-2-3-11-23-16/h4-6,12,14H,2-3,7-11,13H2,1H3,(H,20,22). The Morgan fingerprint density at radius 2 is 2.22 bits per heavy atom. The first-order valence-corrected chi connectivity index (χ1v) is 8.53. The van der Waals surface area contributed by atoms with Crippen LogP contribution in [0, 0.1) is 5.92 Å². The zero-order valence-corrected chi connectivity index (χ0v) is 13.8. The van der Waals surface area contributed by atoms with Gasteiger partial charge in [0.15, 0.2) is 5.76 Å². The van der Waals surface area contributed by atoms with Crippen LogP contribution in [-0.4, -0.2) is 30.6 Å². The maximum atomic E-state index is 12.0. The first kappa shape index (κ1) is 15.8. The molecule has 5 heteroatoms. The molecule has 0 aromatic carbocycles. The Hall–Kier alpha value is -2.04. The molecule has 0 aliphatic carbocycles. The van der Waals surface area contributed by atoms with Crippen molar-refractivity contribution in [3.05, 3.63) is 35.7 Å². The van der Waals surface area contributed by atoms with Crippen LogP contribution in [0.2, 0.25) is 0 Å². The summed E-state index contributed by atoms with van der Waals surface area (Å²) in [4.78, 5) is 18.9. The Kier molecular flexibility index (Phi) is 5.16. The molecule has 0 spiro atoms. The van der Waals surface area contributed by atoms with Crippen molar-refractivity contribution in [2.24, 2.45) is 5.92 Å². The highest BCUT2D eigenvalue weighted by Crippen LogP contribution is 2.21. The smallest absolute Gasteiger partial charge is 0.286 e. The van der Waals surface area contributed by atoms with Crippen molar-refractivity contribution in [3.8, 4) is 0 Å². The molecule has 2 aliphatic rings. The average Bonchev–Trinajstić information content (AvgIpc) is 2.61. The van der Waals surface area contributed by atoms with E-state index in [4.69, 9.17) is 4.74 Å². The van der Waals surface area contributed by atoms with Gasteiger partial charge in [-0.1, -0.05) is 13.0 Å². The zero-order valence-electron chi connectivity index (χ0n) is 13.8. The number of nitrogens with zero attached hydrogens (tertiary/aromatic N) is 2. The third kappa shape index (κ3) is 4.24. The molecule has 124 valence electrons. The van der Waals surface area contributed by atoms with Gasteiger partial charge in [-0.15, -0.1) is 0 Å². The number of anilines is 1. The summed E-state index contributed by atoms with van der Waals surface area (Å²) in [6, 6.07) is 4.09. The number of aromatic nitrogens is 1. The van der Waals surface area contributed by atoms with Crippen molar-refractivity contribution in [1.82, 2.24) is 10.3 Å². The molecular formula is C18H25N3O2. The monoisotopic (exact) mass is 315 g/mol. The fourth-order valence-electron chi connectivity index (χ4n) is 2.93. The maximum Gasteiger partial charge on any atom is 0.286 e. The van der Waals surface area contributed by atoms with Crippen molar-refractivity contribution in [2.75, 3.05) is 24.6 Å². The molecule has 1 N–H and O–H groups in total. The molecule has 1 fully saturated rings. The lowest BCUT2D eigenvalue weighted by Crippen LogP contribution is -2.33. The first-order valence-electron chi connectivity index (χ1n) is 8.53. The SMILES string of the molecule is CC1CCN(c2ccc(CNC(=O)C3=CCCCO3)cn2)CC1. The summed E-state index contributed by atoms with van der Waals surface area (Å²) in [6.45, 7) is 5.57. The average molecular weight is 315 g/mol. The lowest BCUT2D eigenvalue weighted by molar-refractivity contribution is -0.121. The third-order valence-corrected chi connectivity index (χ3v) is 4.53. The second kappa shape index (κ2) is 7.49. The number of allylic oxidation sites excluding steroid dienone is 1. The van der Waals surface area contributed by atoms with Crippen LogP contribution in [0.25, 0.3) is 0 Å². The second-order valence-corrected chi connectivity index (χ2v) is 6.44. The predicted molar refractivity (Wildman–Crippen MR) is 90.0 cm³/mol. The van der Waals surface area contributed by atoms with Crippen LogP contribution >= 0.6 is 0 Å². The summed E-state index contributed by atoms with van der Waals surface area (Å²) in [5.41, 5.74) is 1.00. The topological polar surface area (TPSA) is 54.5 Å². The Labute approximate surface area is 137 Å². The molecule has 0 atom stereocenters. The molecule has 0 unspecified atom stereocenters. The molecule has 23 heavy (non-hydrogen) atoms. The summed E-state index contributed by atoms with van der Waals surface area (Å²) in [5, 5.41) is 2.89. The van der Waals surface area contributed by atoms with Gasteiger partial charge in [-0.3, -0.25) is 4.79 Å². The Morgan fingerprint density at radius 1 is 1.39 bits per heavy atom. The molecule has 1 aromatic heterocycles. The Balaban J connectivity index is 1.51. The number of carbonyl (C=O) groups excluding carboxylic acids is 1. The molecule has 3 rings (SSSR count). The second-order valence-electron chi connectivity index (χ2n) is 6.44. The van der Waals surface area contributed by atoms with E-state index in [-0.39, 0.29) is 5.91 Å². The maximum absolute atomic E-state index is 12.0. The summed E-state index contributed by atoms with van der Waals surface area (Å²) in [5.74, 6) is 2.16. The van der Waals surface area contributed by atoms with E-state index >= 15 is 0 Å². The molecule has 1 amide bonds. The molecule has 5 nitrogen and oxygen atoms in total. The highest BCUT2D eigenvalue weighted by molar-refractivity contribution is 5.91. The molecule has 1 aromatic rings. The van der Waals surface area contributed by atoms with Gasteiger partial charge in [-0.2, -0.15) is 0 Å². The van der Waals surface area contributed by atoms with Crippen LogP contribution in [-0.2, 0) is 16.1 Å². The predicted octanol–water partition coefficient (Wildman–Crippen LogP) is 2.63. The first-order chi connectivity index (χ1) is 11.2. The highest BCUT2D eigenvalue weighted by atomic mass is 16.5. The summed E-state index contributed by atoms with van der Waals surface area (Å²) >= 11 is 0. The molecule has 1 saturated heterocycles. The molecular weight excluding hydrogens is 290 g/mol. The van der Waals surface area contributed by atoms with Gasteiger partial charge >= 0.3 is 0 Å². The van der Waals surface area contributed by atoms with Gasteiger partial charge in [0, 0.05) is 25.8 Å². The Morgan fingerprint density at radius 3 is 2.87 bits per heavy atom. The number of rotatable bonds is 4. The van der Waals surface area contributed by atoms with Crippen LogP contribution in [0.4, 0.5) is 5.82 Å². The van der Waals surface area contributed by atoms with Crippen molar-refractivity contribution >= 4 is 11.7 Å². The lowest BCUT2D eigenvalue weighted by atomic mass is 9.99. The van der Waals surface area contributed by atoms with Crippen molar-refractivity contribution in [3.63, 3.8) is 0 Å². The number of piperidine rings is 1. The van der Waals surface area contributed by atoms with Gasteiger partial charge in [0.1, 0.15) is 5.82 Å². The number of ether oxygens (including phenoxy) is 1. The van der Waals surface area contributed by atoms with Gasteiger partial charge in [0.25, 0.3) is 5.91 Å². The fraction of sp³-hybridized carbons (Fsp3) is 0.556. The van der Waals surface area contributed by atoms with Gasteiger partial charge in [-0.25, -0.2) is 4.98 Å². The number of hydrogen-bond donors (Lipinski definition) is 1. The Bertz CT molecular complexity index is 560. The summed E-state index contributed by atoms with van der Waals surface area (Å²) in [7, 11) is 0. The van der Waals surface area contributed by atoms with E-state index in [2.05, 4.69) is 22.1 Å². The van der Waals surface area contributed by atoms with Crippen LogP contribution in [0.1, 0.15) is 38.2 Å². The van der Waals surface area contributed by atoms with E-state index in [9.17, 15) is 4.79 Å². The fourth-order valence-corrected chi connectivity index (χ4v) is 2.93. The van der Waals surface area contributed by atoms with Gasteiger partial charge in [0.2, 0.25) is 0 Å². The van der Waals surface area contributed by atoms with Crippen LogP contribution in [0.15, 0.2) is 30.2 Å². The van der Waals surface area contributed by atoms with E-state index in [0.29, 0.717) is 18.9 Å². The minimum atomic E-state index is -0.140. The number of amides is 1. The molecule has 0 bridgehead atoms. The van der Waals surface area contributed by atoms with Crippen LogP contribution in [0.3, 0.4) is 0 Å². The van der Waals surface area contributed by atoms with E-state index in [1.807, 2.05) is 24.4 Å². The largest absolute Gasteiger partial charge is 0.488 e. The van der Waals surface area contributed by atoms with Gasteiger partial charge < -0.3 is 15.0 Å². The molecule has 0 radical (unpaired) electrons. The quantitative estimate of drug-likeness (QED) is 0.928. The highest BCUT2D eigenvalue weighted by Gasteiger charge is 2.17. The molecule has 3 heterocycles. The van der Waals surface area contributed by atoms with Crippen molar-refractivity contribution in [1.29, 1.82) is 0 Å². The molecule has 2 aliphatic heterocycles. The lowest BCUT2D eigenvalue weighted by Gasteiger charge is -2.31. The number of hydrogen-bond acceptors (Lipinski definition) is 4. The van der Waals surface area contributed by atoms with Crippen LogP contribution in [0.5, 0.6) is 0 Å². The van der Waals surface area contributed by atoms with Gasteiger partial charge in [-0.05, 0) is 49.3 Å². The van der Waals surface area contributed by atoms with E-state index < -0.39 is 0 Å². The van der Waals surface area contributed by atoms with E-state index in [1.54, 1.807) is 0 Å². The third-order valence-electron chi connectivity index (χ3n) is 4.53. The summed E-state index contributed by atoms with van der Waals surface area (Å²) in [6.07, 6.45) is 8.06. The molecule has 0 saturated carbocycles. The van der Waals surface area contributed by atoms with Crippen molar-refractivity contribution in [2.45, 2.75) is 39.2 Å². The van der Waals surface area contributed by atoms with E-state index in [0.717, 1.165) is 43.2 Å². The van der Waals surface area contributed by atoms with Crippen molar-refractivity contribution < 1.29 is 9.53 Å². The van der Waals surface area contributed by atoms with Gasteiger partial charge in [0.05, 0.1) is 6.61 Å². The normalized spacial score (nSPS) is 19.0. The minimum absolute atomic E-state index is 0.140. The number of pyridine rings is 1. The van der Waals surface area contributed by atoms with Crippen LogP contribution < -0.4 is 10.2 Å². The minimum Gasteiger partial charge on any atom is -0.488 e. The number of nitrogens with one attached hydrogen (secondary N) is 1.